The van der Waals surface area contributed by atoms with Gasteiger partial charge in [0, 0.05) is 40.0 Å². The molecule has 3 rings (SSSR count). The quantitative estimate of drug-likeness (QED) is 0.540. The Labute approximate surface area is 167 Å². The lowest BCUT2D eigenvalue weighted by molar-refractivity contribution is 0.0921. The van der Waals surface area contributed by atoms with Crippen LogP contribution in [-0.4, -0.2) is 33.5 Å². The number of nitrogens with one attached hydrogen (secondary N) is 1. The molecule has 0 spiro atoms. The lowest BCUT2D eigenvalue weighted by atomic mass is 10.0. The number of carbonyl (C=O) groups excluding carboxylic acids is 1. The summed E-state index contributed by atoms with van der Waals surface area (Å²) in [6.07, 6.45) is 2.22. The summed E-state index contributed by atoms with van der Waals surface area (Å²) >= 11 is 7.58. The number of hydrogen-bond donors (Lipinski definition) is 3. The molecule has 1 atom stereocenters. The van der Waals surface area contributed by atoms with E-state index in [1.165, 1.54) is 11.8 Å². The molecular formula is C20H21ClN2O3S. The molecule has 1 aromatic heterocycles. The molecule has 1 unspecified atom stereocenters. The minimum atomic E-state index is -0.500. The van der Waals surface area contributed by atoms with Gasteiger partial charge in [-0.05, 0) is 43.0 Å². The van der Waals surface area contributed by atoms with Crippen molar-refractivity contribution in [3.05, 3.63) is 58.7 Å². The average molecular weight is 405 g/mol. The fourth-order valence-corrected chi connectivity index (χ4v) is 3.73. The largest absolute Gasteiger partial charge is 0.508 e. The Morgan fingerprint density at radius 1 is 1.26 bits per heavy atom. The summed E-state index contributed by atoms with van der Waals surface area (Å²) in [6, 6.07) is 12.1. The number of phenolic OH excluding ortho intramolecular Hbond substituents is 1. The Balaban J connectivity index is 1.91. The molecule has 27 heavy (non-hydrogen) atoms. The van der Waals surface area contributed by atoms with Gasteiger partial charge in [-0.1, -0.05) is 23.7 Å². The fraction of sp³-hybridized carbons (Fsp3) is 0.250. The van der Waals surface area contributed by atoms with Crippen molar-refractivity contribution in [3.63, 3.8) is 0 Å². The molecule has 3 N–H and O–H groups in total. The van der Waals surface area contributed by atoms with E-state index in [9.17, 15) is 15.0 Å². The van der Waals surface area contributed by atoms with Gasteiger partial charge in [0.1, 0.15) is 11.4 Å². The summed E-state index contributed by atoms with van der Waals surface area (Å²) in [6.45, 7) is -0.112. The second-order valence-electron chi connectivity index (χ2n) is 6.25. The van der Waals surface area contributed by atoms with Gasteiger partial charge in [0.05, 0.1) is 6.04 Å². The third-order valence-electron chi connectivity index (χ3n) is 4.58. The van der Waals surface area contributed by atoms with E-state index in [0.29, 0.717) is 22.7 Å². The number of aliphatic hydroxyl groups is 1. The van der Waals surface area contributed by atoms with Crippen molar-refractivity contribution >= 4 is 40.2 Å². The first kappa shape index (κ1) is 19.6. The molecule has 0 bridgehead atoms. The molecule has 7 heteroatoms. The maximum atomic E-state index is 12.9. The second kappa shape index (κ2) is 8.25. The summed E-state index contributed by atoms with van der Waals surface area (Å²) in [5, 5.41) is 24.2. The van der Waals surface area contributed by atoms with Crippen LogP contribution in [0.3, 0.4) is 0 Å². The zero-order valence-corrected chi connectivity index (χ0v) is 16.6. The zero-order chi connectivity index (χ0) is 19.6. The van der Waals surface area contributed by atoms with Crippen molar-refractivity contribution in [1.82, 2.24) is 9.88 Å². The van der Waals surface area contributed by atoms with Gasteiger partial charge >= 0.3 is 0 Å². The first-order chi connectivity index (χ1) is 12.9. The van der Waals surface area contributed by atoms with Gasteiger partial charge in [0.25, 0.3) is 5.91 Å². The van der Waals surface area contributed by atoms with Crippen molar-refractivity contribution in [2.45, 2.75) is 17.4 Å². The number of rotatable bonds is 6. The number of benzene rings is 2. The summed E-state index contributed by atoms with van der Waals surface area (Å²) < 4.78 is 1.78. The number of aliphatic hydroxyl groups excluding tert-OH is 1. The van der Waals surface area contributed by atoms with E-state index >= 15 is 0 Å². The van der Waals surface area contributed by atoms with Gasteiger partial charge < -0.3 is 20.1 Å². The van der Waals surface area contributed by atoms with E-state index in [1.54, 1.807) is 35.9 Å². The topological polar surface area (TPSA) is 74.5 Å². The van der Waals surface area contributed by atoms with Crippen molar-refractivity contribution in [2.24, 2.45) is 7.05 Å². The molecule has 5 nitrogen and oxygen atoms in total. The third kappa shape index (κ3) is 4.08. The molecule has 3 aromatic rings. The molecule has 1 amide bonds. The minimum Gasteiger partial charge on any atom is -0.508 e. The molecule has 0 saturated heterocycles. The molecule has 0 aliphatic rings. The van der Waals surface area contributed by atoms with Crippen molar-refractivity contribution < 1.29 is 15.0 Å². The van der Waals surface area contributed by atoms with Crippen molar-refractivity contribution in [1.29, 1.82) is 0 Å². The van der Waals surface area contributed by atoms with Crippen LogP contribution in [-0.2, 0) is 7.05 Å². The number of aromatic hydroxyl groups is 1. The maximum Gasteiger partial charge on any atom is 0.268 e. The zero-order valence-electron chi connectivity index (χ0n) is 15.1. The highest BCUT2D eigenvalue weighted by atomic mass is 35.5. The molecule has 0 fully saturated rings. The Hall–Kier alpha value is -2.15. The smallest absolute Gasteiger partial charge is 0.268 e. The number of thioether (sulfide) groups is 1. The van der Waals surface area contributed by atoms with Gasteiger partial charge in [-0.2, -0.15) is 0 Å². The highest BCUT2D eigenvalue weighted by Gasteiger charge is 2.21. The predicted molar refractivity (Wildman–Crippen MR) is 110 cm³/mol. The lowest BCUT2D eigenvalue weighted by Crippen LogP contribution is -2.30. The standard InChI is InChI=1S/C20H21ClN2O3S/c1-23-17-10-13(21)4-3-12(17)9-18(23)20(26)22-16(7-8-24)15-6-5-14(27-2)11-19(15)25/h3-6,9-11,16,24-25H,7-8H2,1-2H3,(H,22,26). The summed E-state index contributed by atoms with van der Waals surface area (Å²) in [5.74, 6) is -0.180. The van der Waals surface area contributed by atoms with Crippen LogP contribution in [0.25, 0.3) is 10.9 Å². The van der Waals surface area contributed by atoms with Crippen molar-refractivity contribution in [2.75, 3.05) is 12.9 Å². The molecular weight excluding hydrogens is 384 g/mol. The van der Waals surface area contributed by atoms with Crippen LogP contribution in [0.5, 0.6) is 5.75 Å². The normalized spacial score (nSPS) is 12.3. The lowest BCUT2D eigenvalue weighted by Gasteiger charge is -2.20. The third-order valence-corrected chi connectivity index (χ3v) is 5.54. The van der Waals surface area contributed by atoms with Crippen LogP contribution < -0.4 is 5.32 Å². The summed E-state index contributed by atoms with van der Waals surface area (Å²) in [4.78, 5) is 13.8. The Kier molecular flexibility index (Phi) is 5.99. The number of fused-ring (bicyclic) bond motifs is 1. The average Bonchev–Trinajstić information content (AvgIpc) is 2.97. The van der Waals surface area contributed by atoms with Gasteiger partial charge in [0.2, 0.25) is 0 Å². The van der Waals surface area contributed by atoms with Crippen LogP contribution in [0.15, 0.2) is 47.4 Å². The molecule has 0 radical (unpaired) electrons. The van der Waals surface area contributed by atoms with Gasteiger partial charge in [0.15, 0.2) is 0 Å². The number of carbonyl (C=O) groups is 1. The monoisotopic (exact) mass is 404 g/mol. The Morgan fingerprint density at radius 2 is 2.04 bits per heavy atom. The number of amides is 1. The molecule has 2 aromatic carbocycles. The summed E-state index contributed by atoms with van der Waals surface area (Å²) in [5.41, 5.74) is 1.92. The van der Waals surface area contributed by atoms with E-state index in [1.807, 2.05) is 24.5 Å². The molecule has 1 heterocycles. The fourth-order valence-electron chi connectivity index (χ4n) is 3.13. The van der Waals surface area contributed by atoms with E-state index in [4.69, 9.17) is 11.6 Å². The van der Waals surface area contributed by atoms with Crippen LogP contribution in [0.4, 0.5) is 0 Å². The summed E-state index contributed by atoms with van der Waals surface area (Å²) in [7, 11) is 1.80. The Bertz CT molecular complexity index is 987. The van der Waals surface area contributed by atoms with Crippen LogP contribution in [0.1, 0.15) is 28.5 Å². The van der Waals surface area contributed by atoms with Gasteiger partial charge in [-0.15, -0.1) is 11.8 Å². The Morgan fingerprint density at radius 3 is 2.70 bits per heavy atom. The first-order valence-electron chi connectivity index (χ1n) is 8.48. The highest BCUT2D eigenvalue weighted by molar-refractivity contribution is 7.98. The van der Waals surface area contributed by atoms with Gasteiger partial charge in [-0.3, -0.25) is 4.79 Å². The van der Waals surface area contributed by atoms with Crippen LogP contribution in [0.2, 0.25) is 5.02 Å². The molecule has 0 aliphatic carbocycles. The van der Waals surface area contributed by atoms with E-state index in [0.717, 1.165) is 15.8 Å². The molecule has 142 valence electrons. The number of phenols is 1. The molecule has 0 saturated carbocycles. The second-order valence-corrected chi connectivity index (χ2v) is 7.57. The van der Waals surface area contributed by atoms with E-state index in [2.05, 4.69) is 5.32 Å². The number of halogens is 1. The number of nitrogens with zero attached hydrogens (tertiary/aromatic N) is 1. The predicted octanol–water partition coefficient (Wildman–Crippen LogP) is 4.11. The highest BCUT2D eigenvalue weighted by Crippen LogP contribution is 2.31. The van der Waals surface area contributed by atoms with Crippen LogP contribution >= 0.6 is 23.4 Å². The minimum absolute atomic E-state index is 0.101. The van der Waals surface area contributed by atoms with E-state index in [-0.39, 0.29) is 18.3 Å². The maximum absolute atomic E-state index is 12.9. The van der Waals surface area contributed by atoms with Crippen LogP contribution in [0, 0.1) is 0 Å². The van der Waals surface area contributed by atoms with Gasteiger partial charge in [-0.25, -0.2) is 0 Å². The number of aromatic nitrogens is 1. The SMILES string of the molecule is CSc1ccc(C(CCO)NC(=O)c2cc3ccc(Cl)cc3n2C)c(O)c1. The van der Waals surface area contributed by atoms with Crippen molar-refractivity contribution in [3.8, 4) is 5.75 Å². The first-order valence-corrected chi connectivity index (χ1v) is 10.1. The molecule has 0 aliphatic heterocycles. The number of aryl methyl sites for hydroxylation is 1. The van der Waals surface area contributed by atoms with E-state index < -0.39 is 6.04 Å². The number of hydrogen-bond acceptors (Lipinski definition) is 4.